The van der Waals surface area contributed by atoms with Crippen LogP contribution in [0.25, 0.3) is 5.82 Å². The first-order valence-electron chi connectivity index (χ1n) is 8.48. The molecule has 2 aromatic heterocycles. The Labute approximate surface area is 170 Å². The van der Waals surface area contributed by atoms with Crippen LogP contribution in [0.15, 0.2) is 36.5 Å². The highest BCUT2D eigenvalue weighted by Gasteiger charge is 2.21. The molecule has 0 aliphatic carbocycles. The first-order valence-corrected chi connectivity index (χ1v) is 8.86. The second kappa shape index (κ2) is 8.32. The predicted molar refractivity (Wildman–Crippen MR) is 101 cm³/mol. The van der Waals surface area contributed by atoms with Crippen molar-refractivity contribution in [2.24, 2.45) is 0 Å². The molecule has 0 fully saturated rings. The van der Waals surface area contributed by atoms with Gasteiger partial charge in [0.2, 0.25) is 0 Å². The van der Waals surface area contributed by atoms with E-state index in [1.807, 2.05) is 6.07 Å². The van der Waals surface area contributed by atoms with Crippen molar-refractivity contribution in [3.8, 4) is 11.9 Å². The summed E-state index contributed by atoms with van der Waals surface area (Å²) in [6, 6.07) is 8.08. The van der Waals surface area contributed by atoms with E-state index < -0.39 is 18.4 Å². The molecule has 3 rings (SSSR count). The predicted octanol–water partition coefficient (Wildman–Crippen LogP) is 3.92. The molecule has 0 radical (unpaired) electrons. The molecule has 7 nitrogen and oxygen atoms in total. The number of nitrogens with zero attached hydrogens (tertiary/aromatic N) is 5. The monoisotopic (exact) mass is 416 g/mol. The van der Waals surface area contributed by atoms with Gasteiger partial charge in [0.25, 0.3) is 12.3 Å². The number of benzene rings is 1. The smallest absolute Gasteiger partial charge is 0.263 e. The SMILES string of the molecule is Cc1nc([C@H](C)NC(=O)c2cc(Cl)cc(C(F)F)c2)n(-c2ccc(C#N)cn2)n1. The molecule has 0 spiro atoms. The van der Waals surface area contributed by atoms with Gasteiger partial charge in [-0.3, -0.25) is 4.79 Å². The highest BCUT2D eigenvalue weighted by atomic mass is 35.5. The molecular weight excluding hydrogens is 402 g/mol. The van der Waals surface area contributed by atoms with Crippen LogP contribution >= 0.6 is 11.6 Å². The zero-order valence-electron chi connectivity index (χ0n) is 15.4. The molecule has 1 amide bonds. The van der Waals surface area contributed by atoms with Crippen molar-refractivity contribution in [1.82, 2.24) is 25.1 Å². The van der Waals surface area contributed by atoms with Crippen LogP contribution in [0, 0.1) is 18.3 Å². The summed E-state index contributed by atoms with van der Waals surface area (Å²) in [6.07, 6.45) is -1.34. The number of nitriles is 1. The second-order valence-electron chi connectivity index (χ2n) is 6.21. The van der Waals surface area contributed by atoms with Crippen molar-refractivity contribution in [3.63, 3.8) is 0 Å². The molecule has 0 aliphatic heterocycles. The summed E-state index contributed by atoms with van der Waals surface area (Å²) < 4.78 is 27.4. The summed E-state index contributed by atoms with van der Waals surface area (Å²) in [5.74, 6) is 0.685. The van der Waals surface area contributed by atoms with E-state index >= 15 is 0 Å². The number of pyridine rings is 1. The maximum absolute atomic E-state index is 13.0. The van der Waals surface area contributed by atoms with Crippen molar-refractivity contribution in [2.75, 3.05) is 0 Å². The number of hydrogen-bond acceptors (Lipinski definition) is 5. The molecule has 2 heterocycles. The first-order chi connectivity index (χ1) is 13.8. The van der Waals surface area contributed by atoms with E-state index in [0.717, 1.165) is 12.1 Å². The van der Waals surface area contributed by atoms with Gasteiger partial charge in [-0.15, -0.1) is 5.10 Å². The third-order valence-corrected chi connectivity index (χ3v) is 4.22. The van der Waals surface area contributed by atoms with Gasteiger partial charge in [-0.2, -0.15) is 9.94 Å². The Morgan fingerprint density at radius 3 is 2.69 bits per heavy atom. The van der Waals surface area contributed by atoms with Crippen LogP contribution in [0.3, 0.4) is 0 Å². The standard InChI is InChI=1S/C19H15ClF2N6O/c1-10(25-19(29)14-5-13(17(21)22)6-15(20)7-14)18-26-11(2)27-28(18)16-4-3-12(8-23)9-24-16/h3-7,9-10,17H,1-2H3,(H,25,29)/t10-/m0/s1. The molecule has 1 aromatic carbocycles. The number of carbonyl (C=O) groups is 1. The molecule has 0 aliphatic rings. The summed E-state index contributed by atoms with van der Waals surface area (Å²) in [6.45, 7) is 3.37. The zero-order valence-corrected chi connectivity index (χ0v) is 16.2. The van der Waals surface area contributed by atoms with Crippen LogP contribution in [0.4, 0.5) is 8.78 Å². The molecule has 29 heavy (non-hydrogen) atoms. The molecule has 0 unspecified atom stereocenters. The third kappa shape index (κ3) is 4.55. The molecule has 148 valence electrons. The van der Waals surface area contributed by atoms with Gasteiger partial charge in [-0.05, 0) is 44.2 Å². The number of nitrogens with one attached hydrogen (secondary N) is 1. The Hall–Kier alpha value is -3.38. The fourth-order valence-corrected chi connectivity index (χ4v) is 2.92. The number of aromatic nitrogens is 4. The summed E-state index contributed by atoms with van der Waals surface area (Å²) in [5.41, 5.74) is 0.0688. The van der Waals surface area contributed by atoms with Crippen LogP contribution in [0.1, 0.15) is 52.5 Å². The van der Waals surface area contributed by atoms with E-state index in [2.05, 4.69) is 20.4 Å². The van der Waals surface area contributed by atoms with Crippen molar-refractivity contribution < 1.29 is 13.6 Å². The van der Waals surface area contributed by atoms with E-state index in [1.165, 1.54) is 16.9 Å². The lowest BCUT2D eigenvalue weighted by molar-refractivity contribution is 0.0937. The van der Waals surface area contributed by atoms with Gasteiger partial charge >= 0.3 is 0 Å². The maximum atomic E-state index is 13.0. The molecule has 10 heteroatoms. The van der Waals surface area contributed by atoms with E-state index in [-0.39, 0.29) is 16.1 Å². The lowest BCUT2D eigenvalue weighted by Gasteiger charge is -2.15. The Morgan fingerprint density at radius 1 is 1.31 bits per heavy atom. The minimum absolute atomic E-state index is 0.0129. The van der Waals surface area contributed by atoms with E-state index in [4.69, 9.17) is 16.9 Å². The Morgan fingerprint density at radius 2 is 2.07 bits per heavy atom. The Balaban J connectivity index is 1.87. The van der Waals surface area contributed by atoms with E-state index in [1.54, 1.807) is 26.0 Å². The van der Waals surface area contributed by atoms with Crippen LogP contribution in [0.2, 0.25) is 5.02 Å². The van der Waals surface area contributed by atoms with Crippen LogP contribution in [-0.2, 0) is 0 Å². The van der Waals surface area contributed by atoms with E-state index in [0.29, 0.717) is 23.0 Å². The number of aryl methyl sites for hydroxylation is 1. The van der Waals surface area contributed by atoms with Gasteiger partial charge in [0.1, 0.15) is 11.9 Å². The van der Waals surface area contributed by atoms with Crippen molar-refractivity contribution in [3.05, 3.63) is 69.9 Å². The van der Waals surface area contributed by atoms with Gasteiger partial charge < -0.3 is 5.32 Å². The number of alkyl halides is 2. The van der Waals surface area contributed by atoms with Crippen LogP contribution in [-0.4, -0.2) is 25.7 Å². The fourth-order valence-electron chi connectivity index (χ4n) is 2.67. The van der Waals surface area contributed by atoms with Crippen molar-refractivity contribution in [1.29, 1.82) is 5.26 Å². The molecule has 0 saturated heterocycles. The van der Waals surface area contributed by atoms with Gasteiger partial charge in [0.05, 0.1) is 11.6 Å². The van der Waals surface area contributed by atoms with Gasteiger partial charge in [0.15, 0.2) is 11.6 Å². The number of carbonyl (C=O) groups excluding carboxylic acids is 1. The maximum Gasteiger partial charge on any atom is 0.263 e. The van der Waals surface area contributed by atoms with E-state index in [9.17, 15) is 13.6 Å². The first kappa shape index (κ1) is 20.4. The lowest BCUT2D eigenvalue weighted by Crippen LogP contribution is -2.29. The van der Waals surface area contributed by atoms with Gasteiger partial charge in [-0.1, -0.05) is 11.6 Å². The normalized spacial score (nSPS) is 11.9. The highest BCUT2D eigenvalue weighted by molar-refractivity contribution is 6.31. The summed E-state index contributed by atoms with van der Waals surface area (Å²) in [7, 11) is 0. The van der Waals surface area contributed by atoms with Crippen LogP contribution in [0.5, 0.6) is 0 Å². The number of rotatable bonds is 5. The lowest BCUT2D eigenvalue weighted by atomic mass is 10.1. The minimum Gasteiger partial charge on any atom is -0.342 e. The quantitative estimate of drug-likeness (QED) is 0.679. The molecule has 1 N–H and O–H groups in total. The largest absolute Gasteiger partial charge is 0.342 e. The zero-order chi connectivity index (χ0) is 21.1. The average molecular weight is 417 g/mol. The molecule has 3 aromatic rings. The highest BCUT2D eigenvalue weighted by Crippen LogP contribution is 2.24. The van der Waals surface area contributed by atoms with Gasteiger partial charge in [-0.25, -0.2) is 18.7 Å². The van der Waals surface area contributed by atoms with Crippen molar-refractivity contribution >= 4 is 17.5 Å². The molecule has 0 bridgehead atoms. The Kier molecular flexibility index (Phi) is 5.84. The summed E-state index contributed by atoms with van der Waals surface area (Å²) in [5, 5.41) is 15.9. The molecular formula is C19H15ClF2N6O. The van der Waals surface area contributed by atoms with Crippen LogP contribution < -0.4 is 5.32 Å². The topological polar surface area (TPSA) is 96.5 Å². The Bertz CT molecular complexity index is 1090. The fraction of sp³-hybridized carbons (Fsp3) is 0.211. The molecule has 0 saturated carbocycles. The number of halogens is 3. The second-order valence-corrected chi connectivity index (χ2v) is 6.65. The third-order valence-electron chi connectivity index (χ3n) is 4.00. The number of amides is 1. The van der Waals surface area contributed by atoms with Crippen molar-refractivity contribution in [2.45, 2.75) is 26.3 Å². The number of hydrogen-bond donors (Lipinski definition) is 1. The average Bonchev–Trinajstić information content (AvgIpc) is 3.09. The van der Waals surface area contributed by atoms with Gasteiger partial charge in [0, 0.05) is 22.3 Å². The summed E-state index contributed by atoms with van der Waals surface area (Å²) >= 11 is 5.85. The molecule has 1 atom stereocenters. The summed E-state index contributed by atoms with van der Waals surface area (Å²) in [4.78, 5) is 21.1. The minimum atomic E-state index is -2.74.